The molecule has 0 aliphatic rings. The lowest BCUT2D eigenvalue weighted by molar-refractivity contribution is 0.186. The van der Waals surface area contributed by atoms with Crippen molar-refractivity contribution in [2.45, 2.75) is 32.6 Å². The standard InChI is InChI=1S/C6H15O4P.C2H6O2/c1-2-3-4-5-6-10-11(7,8)9;3-1-2-4/h2-6H2,1H3,(H2,7,8,9);3-4H,1-2H2. The molecular weight excluding hydrogens is 223 g/mol. The third kappa shape index (κ3) is 24.9. The summed E-state index contributed by atoms with van der Waals surface area (Å²) in [4.78, 5) is 16.5. The molecule has 0 aliphatic carbocycles. The van der Waals surface area contributed by atoms with E-state index < -0.39 is 7.82 Å². The fraction of sp³-hybridized carbons (Fsp3) is 1.00. The van der Waals surface area contributed by atoms with Crippen molar-refractivity contribution in [1.82, 2.24) is 0 Å². The summed E-state index contributed by atoms with van der Waals surface area (Å²) in [6.07, 6.45) is 3.88. The molecule has 6 nitrogen and oxygen atoms in total. The summed E-state index contributed by atoms with van der Waals surface area (Å²) >= 11 is 0. The quantitative estimate of drug-likeness (QED) is 0.387. The number of aliphatic hydroxyl groups excluding tert-OH is 2. The minimum absolute atomic E-state index is 0.125. The molecule has 94 valence electrons. The summed E-state index contributed by atoms with van der Waals surface area (Å²) in [5.74, 6) is 0. The molecule has 0 saturated carbocycles. The lowest BCUT2D eigenvalue weighted by Gasteiger charge is -2.03. The maximum Gasteiger partial charge on any atom is 0.469 e. The second-order valence-corrected chi connectivity index (χ2v) is 4.07. The summed E-state index contributed by atoms with van der Waals surface area (Å²) in [5.41, 5.74) is 0. The first-order valence-corrected chi connectivity index (χ1v) is 6.42. The summed E-state index contributed by atoms with van der Waals surface area (Å²) in [6, 6.07) is 0. The van der Waals surface area contributed by atoms with Crippen molar-refractivity contribution in [3.8, 4) is 0 Å². The SMILES string of the molecule is CCCCCCOP(=O)(O)O.OCCO. The lowest BCUT2D eigenvalue weighted by Crippen LogP contribution is -1.91. The molecule has 0 atom stereocenters. The van der Waals surface area contributed by atoms with Crippen molar-refractivity contribution >= 4 is 7.82 Å². The number of unbranched alkanes of at least 4 members (excludes halogenated alkanes) is 3. The Bertz CT molecular complexity index is 155. The summed E-state index contributed by atoms with van der Waals surface area (Å²) in [5, 5.41) is 15.2. The Balaban J connectivity index is 0. The van der Waals surface area contributed by atoms with Crippen molar-refractivity contribution < 1.29 is 29.1 Å². The van der Waals surface area contributed by atoms with E-state index in [0.717, 1.165) is 25.7 Å². The molecule has 0 radical (unpaired) electrons. The van der Waals surface area contributed by atoms with Crippen molar-refractivity contribution in [3.05, 3.63) is 0 Å². The zero-order chi connectivity index (χ0) is 12.2. The molecule has 0 aromatic heterocycles. The van der Waals surface area contributed by atoms with E-state index in [9.17, 15) is 4.57 Å². The molecule has 0 unspecified atom stereocenters. The van der Waals surface area contributed by atoms with Gasteiger partial charge in [-0.05, 0) is 6.42 Å². The highest BCUT2D eigenvalue weighted by Crippen LogP contribution is 2.35. The van der Waals surface area contributed by atoms with E-state index in [2.05, 4.69) is 11.4 Å². The van der Waals surface area contributed by atoms with E-state index in [1.165, 1.54) is 0 Å². The highest BCUT2D eigenvalue weighted by Gasteiger charge is 2.11. The van der Waals surface area contributed by atoms with Crippen LogP contribution in [0.2, 0.25) is 0 Å². The van der Waals surface area contributed by atoms with Crippen LogP contribution in [-0.4, -0.2) is 39.8 Å². The van der Waals surface area contributed by atoms with Gasteiger partial charge in [-0.1, -0.05) is 26.2 Å². The fourth-order valence-corrected chi connectivity index (χ4v) is 1.08. The van der Waals surface area contributed by atoms with Crippen LogP contribution in [0.3, 0.4) is 0 Å². The zero-order valence-corrected chi connectivity index (χ0v) is 9.90. The van der Waals surface area contributed by atoms with Crippen LogP contribution in [-0.2, 0) is 9.09 Å². The van der Waals surface area contributed by atoms with Crippen LogP contribution in [0, 0.1) is 0 Å². The maximum atomic E-state index is 10.1. The normalized spacial score (nSPS) is 10.7. The van der Waals surface area contributed by atoms with Crippen LogP contribution in [0.15, 0.2) is 0 Å². The van der Waals surface area contributed by atoms with E-state index in [1.807, 2.05) is 0 Å². The van der Waals surface area contributed by atoms with Crippen LogP contribution in [0.1, 0.15) is 32.6 Å². The Kier molecular flexibility index (Phi) is 14.1. The number of aliphatic hydroxyl groups is 2. The Hall–Kier alpha value is 0.0300. The smallest absolute Gasteiger partial charge is 0.394 e. The highest BCUT2D eigenvalue weighted by atomic mass is 31.2. The Labute approximate surface area is 90.1 Å². The van der Waals surface area contributed by atoms with Crippen molar-refractivity contribution in [2.75, 3.05) is 19.8 Å². The van der Waals surface area contributed by atoms with Crippen molar-refractivity contribution in [1.29, 1.82) is 0 Å². The highest BCUT2D eigenvalue weighted by molar-refractivity contribution is 7.46. The topological polar surface area (TPSA) is 107 Å². The number of hydrogen-bond acceptors (Lipinski definition) is 4. The van der Waals surface area contributed by atoms with Gasteiger partial charge < -0.3 is 20.0 Å². The third-order valence-corrected chi connectivity index (χ3v) is 1.88. The van der Waals surface area contributed by atoms with Gasteiger partial charge in [0.2, 0.25) is 0 Å². The van der Waals surface area contributed by atoms with E-state index in [1.54, 1.807) is 0 Å². The predicted octanol–water partition coefficient (Wildman–Crippen LogP) is 0.647. The van der Waals surface area contributed by atoms with Gasteiger partial charge in [0.1, 0.15) is 0 Å². The first-order chi connectivity index (χ1) is 6.97. The average Bonchev–Trinajstić information content (AvgIpc) is 2.16. The van der Waals surface area contributed by atoms with Crippen LogP contribution >= 0.6 is 7.82 Å². The first-order valence-electron chi connectivity index (χ1n) is 4.89. The molecule has 0 saturated heterocycles. The maximum absolute atomic E-state index is 10.1. The van der Waals surface area contributed by atoms with Gasteiger partial charge in [-0.2, -0.15) is 0 Å². The Morgan fingerprint density at radius 2 is 1.60 bits per heavy atom. The first kappa shape index (κ1) is 17.4. The molecule has 0 rings (SSSR count). The summed E-state index contributed by atoms with van der Waals surface area (Å²) in [6.45, 7) is 1.98. The molecule has 0 spiro atoms. The molecule has 0 aromatic carbocycles. The largest absolute Gasteiger partial charge is 0.469 e. The number of hydrogen-bond donors (Lipinski definition) is 4. The van der Waals surface area contributed by atoms with E-state index >= 15 is 0 Å². The van der Waals surface area contributed by atoms with Gasteiger partial charge >= 0.3 is 7.82 Å². The van der Waals surface area contributed by atoms with Crippen LogP contribution in [0.5, 0.6) is 0 Å². The van der Waals surface area contributed by atoms with Gasteiger partial charge in [-0.25, -0.2) is 4.57 Å². The molecular formula is C8H21O6P. The minimum Gasteiger partial charge on any atom is -0.394 e. The van der Waals surface area contributed by atoms with Gasteiger partial charge in [-0.3, -0.25) is 4.52 Å². The lowest BCUT2D eigenvalue weighted by atomic mass is 10.2. The zero-order valence-electron chi connectivity index (χ0n) is 9.00. The van der Waals surface area contributed by atoms with E-state index in [4.69, 9.17) is 20.0 Å². The fourth-order valence-electron chi connectivity index (χ4n) is 0.712. The summed E-state index contributed by atoms with van der Waals surface area (Å²) < 4.78 is 14.4. The Morgan fingerprint density at radius 1 is 1.07 bits per heavy atom. The van der Waals surface area contributed by atoms with Gasteiger partial charge in [0.25, 0.3) is 0 Å². The molecule has 4 N–H and O–H groups in total. The van der Waals surface area contributed by atoms with Gasteiger partial charge in [0, 0.05) is 0 Å². The molecule has 0 amide bonds. The van der Waals surface area contributed by atoms with Gasteiger partial charge in [0.15, 0.2) is 0 Å². The third-order valence-electron chi connectivity index (χ3n) is 1.36. The molecule has 0 aromatic rings. The molecule has 0 bridgehead atoms. The van der Waals surface area contributed by atoms with Gasteiger partial charge in [0.05, 0.1) is 19.8 Å². The number of phosphoric acid groups is 1. The second-order valence-electron chi connectivity index (χ2n) is 2.83. The van der Waals surface area contributed by atoms with E-state index in [-0.39, 0.29) is 19.8 Å². The number of phosphoric ester groups is 1. The number of rotatable bonds is 7. The Morgan fingerprint density at radius 3 is 1.93 bits per heavy atom. The predicted molar refractivity (Wildman–Crippen MR) is 56.3 cm³/mol. The molecule has 0 aliphatic heterocycles. The average molecular weight is 244 g/mol. The minimum atomic E-state index is -4.21. The van der Waals surface area contributed by atoms with Crippen LogP contribution in [0.4, 0.5) is 0 Å². The monoisotopic (exact) mass is 244 g/mol. The molecule has 15 heavy (non-hydrogen) atoms. The summed E-state index contributed by atoms with van der Waals surface area (Å²) in [7, 11) is -4.21. The van der Waals surface area contributed by atoms with Crippen molar-refractivity contribution in [2.24, 2.45) is 0 Å². The molecule has 7 heteroatoms. The van der Waals surface area contributed by atoms with Crippen LogP contribution < -0.4 is 0 Å². The van der Waals surface area contributed by atoms with Crippen LogP contribution in [0.25, 0.3) is 0 Å². The van der Waals surface area contributed by atoms with E-state index in [0.29, 0.717) is 0 Å². The molecule has 0 fully saturated rings. The molecule has 0 heterocycles. The van der Waals surface area contributed by atoms with Gasteiger partial charge in [-0.15, -0.1) is 0 Å². The second kappa shape index (κ2) is 12.1. The van der Waals surface area contributed by atoms with Crippen molar-refractivity contribution in [3.63, 3.8) is 0 Å².